The summed E-state index contributed by atoms with van der Waals surface area (Å²) >= 11 is 0. The lowest BCUT2D eigenvalue weighted by molar-refractivity contribution is -0.136. The molecule has 0 N–H and O–H groups in total. The van der Waals surface area contributed by atoms with Gasteiger partial charge in [-0.2, -0.15) is 5.10 Å². The minimum Gasteiger partial charge on any atom is -0.340 e. The van der Waals surface area contributed by atoms with Gasteiger partial charge in [0.05, 0.1) is 17.4 Å². The number of rotatable bonds is 4. The SMILES string of the molecule is Cn1cnc([C@@H]2CN(C(=O)c3ccnn3C)C[C@@]23CCN(Cc2cccnc2)C3=O)c1. The molecule has 9 heteroatoms. The molecule has 0 unspecified atom stereocenters. The van der Waals surface area contributed by atoms with Crippen molar-refractivity contribution in [2.45, 2.75) is 18.9 Å². The van der Waals surface area contributed by atoms with Gasteiger partial charge in [-0.25, -0.2) is 4.98 Å². The second-order valence-corrected chi connectivity index (χ2v) is 8.54. The summed E-state index contributed by atoms with van der Waals surface area (Å²) in [6, 6.07) is 5.58. The van der Waals surface area contributed by atoms with Crippen molar-refractivity contribution in [1.82, 2.24) is 34.1 Å². The summed E-state index contributed by atoms with van der Waals surface area (Å²) in [4.78, 5) is 39.4. The first-order valence-corrected chi connectivity index (χ1v) is 10.4. The van der Waals surface area contributed by atoms with Crippen LogP contribution in [0.25, 0.3) is 0 Å². The molecule has 2 atom stereocenters. The Kier molecular flexibility index (Phi) is 4.60. The smallest absolute Gasteiger partial charge is 0.272 e. The minimum absolute atomic E-state index is 0.0901. The highest BCUT2D eigenvalue weighted by Gasteiger charge is 2.58. The fraction of sp³-hybridized carbons (Fsp3) is 0.409. The maximum Gasteiger partial charge on any atom is 0.272 e. The summed E-state index contributed by atoms with van der Waals surface area (Å²) in [5.41, 5.74) is 1.72. The van der Waals surface area contributed by atoms with Gasteiger partial charge in [0.25, 0.3) is 5.91 Å². The maximum atomic E-state index is 13.8. The van der Waals surface area contributed by atoms with E-state index >= 15 is 0 Å². The first-order chi connectivity index (χ1) is 15.0. The van der Waals surface area contributed by atoms with Crippen LogP contribution in [0.15, 0.2) is 49.3 Å². The van der Waals surface area contributed by atoms with Crippen LogP contribution in [0, 0.1) is 5.41 Å². The molecule has 31 heavy (non-hydrogen) atoms. The molecule has 5 heterocycles. The molecule has 5 rings (SSSR count). The Morgan fingerprint density at radius 1 is 1.26 bits per heavy atom. The van der Waals surface area contributed by atoms with Crippen molar-refractivity contribution in [1.29, 1.82) is 0 Å². The summed E-state index contributed by atoms with van der Waals surface area (Å²) < 4.78 is 3.47. The lowest BCUT2D eigenvalue weighted by Crippen LogP contribution is -2.40. The molecule has 0 aromatic carbocycles. The van der Waals surface area contributed by atoms with Crippen LogP contribution in [0.1, 0.15) is 34.1 Å². The van der Waals surface area contributed by atoms with E-state index in [2.05, 4.69) is 15.1 Å². The highest BCUT2D eigenvalue weighted by Crippen LogP contribution is 2.50. The van der Waals surface area contributed by atoms with Crippen molar-refractivity contribution in [2.75, 3.05) is 19.6 Å². The van der Waals surface area contributed by atoms with Crippen molar-refractivity contribution in [3.8, 4) is 0 Å². The highest BCUT2D eigenvalue weighted by molar-refractivity contribution is 5.95. The van der Waals surface area contributed by atoms with Gasteiger partial charge in [0.2, 0.25) is 5.91 Å². The van der Waals surface area contributed by atoms with Crippen LogP contribution in [0.3, 0.4) is 0 Å². The van der Waals surface area contributed by atoms with E-state index in [1.807, 2.05) is 34.8 Å². The number of nitrogens with zero attached hydrogens (tertiary/aromatic N) is 7. The summed E-state index contributed by atoms with van der Waals surface area (Å²) in [5, 5.41) is 4.12. The molecule has 2 amide bonds. The van der Waals surface area contributed by atoms with E-state index in [-0.39, 0.29) is 17.7 Å². The Morgan fingerprint density at radius 2 is 2.13 bits per heavy atom. The number of imidazole rings is 1. The molecule has 2 aliphatic heterocycles. The van der Waals surface area contributed by atoms with E-state index < -0.39 is 5.41 Å². The summed E-state index contributed by atoms with van der Waals surface area (Å²) in [5.74, 6) is -0.152. The Labute approximate surface area is 180 Å². The Bertz CT molecular complexity index is 1120. The molecule has 0 aliphatic carbocycles. The van der Waals surface area contributed by atoms with Crippen molar-refractivity contribution < 1.29 is 9.59 Å². The molecule has 9 nitrogen and oxygen atoms in total. The summed E-state index contributed by atoms with van der Waals surface area (Å²) in [7, 11) is 3.67. The quantitative estimate of drug-likeness (QED) is 0.634. The molecule has 2 fully saturated rings. The monoisotopic (exact) mass is 419 g/mol. The third kappa shape index (κ3) is 3.20. The predicted octanol–water partition coefficient (Wildman–Crippen LogP) is 1.21. The normalized spacial score (nSPS) is 23.3. The lowest BCUT2D eigenvalue weighted by atomic mass is 9.75. The van der Waals surface area contributed by atoms with E-state index in [0.717, 1.165) is 11.3 Å². The van der Waals surface area contributed by atoms with Gasteiger partial charge in [-0.15, -0.1) is 0 Å². The standard InChI is InChI=1S/C22H25N7O2/c1-26-13-18(24-15-26)17-12-29(20(30)19-5-8-25-27(19)2)14-22(17)6-9-28(21(22)31)11-16-4-3-7-23-10-16/h3-5,7-8,10,13,15,17H,6,9,11-12,14H2,1-2H3/t17-,22-/m0/s1. The molecule has 0 saturated carbocycles. The molecule has 0 bridgehead atoms. The van der Waals surface area contributed by atoms with Gasteiger partial charge >= 0.3 is 0 Å². The van der Waals surface area contributed by atoms with E-state index in [0.29, 0.717) is 38.3 Å². The largest absolute Gasteiger partial charge is 0.340 e. The second-order valence-electron chi connectivity index (χ2n) is 8.54. The fourth-order valence-corrected chi connectivity index (χ4v) is 4.99. The van der Waals surface area contributed by atoms with Gasteiger partial charge in [-0.05, 0) is 24.1 Å². The van der Waals surface area contributed by atoms with E-state index in [9.17, 15) is 9.59 Å². The molecular formula is C22H25N7O2. The van der Waals surface area contributed by atoms with Crippen LogP contribution >= 0.6 is 0 Å². The van der Waals surface area contributed by atoms with E-state index in [1.165, 1.54) is 0 Å². The number of likely N-dealkylation sites (tertiary alicyclic amines) is 2. The van der Waals surface area contributed by atoms with Crippen molar-refractivity contribution in [3.05, 3.63) is 66.3 Å². The predicted molar refractivity (Wildman–Crippen MR) is 112 cm³/mol. The first-order valence-electron chi connectivity index (χ1n) is 10.4. The van der Waals surface area contributed by atoms with E-state index in [4.69, 9.17) is 0 Å². The molecule has 2 aliphatic rings. The zero-order valence-electron chi connectivity index (χ0n) is 17.7. The van der Waals surface area contributed by atoms with Crippen LogP contribution in [0.5, 0.6) is 0 Å². The maximum absolute atomic E-state index is 13.8. The van der Waals surface area contributed by atoms with Gasteiger partial charge in [0.15, 0.2) is 0 Å². The average Bonchev–Trinajstić information content (AvgIpc) is 3.54. The van der Waals surface area contributed by atoms with Crippen LogP contribution in [0.2, 0.25) is 0 Å². The molecule has 3 aromatic heterocycles. The number of hydrogen-bond donors (Lipinski definition) is 0. The zero-order chi connectivity index (χ0) is 21.6. The highest BCUT2D eigenvalue weighted by atomic mass is 16.2. The lowest BCUT2D eigenvalue weighted by Gasteiger charge is -2.27. The topological polar surface area (TPSA) is 89.2 Å². The van der Waals surface area contributed by atoms with Gasteiger partial charge in [0.1, 0.15) is 5.69 Å². The van der Waals surface area contributed by atoms with Gasteiger partial charge in [-0.3, -0.25) is 19.3 Å². The van der Waals surface area contributed by atoms with Crippen molar-refractivity contribution in [2.24, 2.45) is 19.5 Å². The minimum atomic E-state index is -0.662. The van der Waals surface area contributed by atoms with Gasteiger partial charge in [0, 0.05) is 71.0 Å². The van der Waals surface area contributed by atoms with Gasteiger partial charge in [-0.1, -0.05) is 6.07 Å². The first kappa shape index (κ1) is 19.5. The molecule has 2 saturated heterocycles. The number of hydrogen-bond acceptors (Lipinski definition) is 5. The van der Waals surface area contributed by atoms with Crippen LogP contribution in [0.4, 0.5) is 0 Å². The summed E-state index contributed by atoms with van der Waals surface area (Å²) in [6.45, 7) is 2.04. The number of aromatic nitrogens is 5. The molecular weight excluding hydrogens is 394 g/mol. The average molecular weight is 419 g/mol. The Balaban J connectivity index is 1.46. The van der Waals surface area contributed by atoms with Crippen LogP contribution in [-0.2, 0) is 25.4 Å². The fourth-order valence-electron chi connectivity index (χ4n) is 4.99. The van der Waals surface area contributed by atoms with Crippen molar-refractivity contribution >= 4 is 11.8 Å². The number of carbonyl (C=O) groups is 2. The molecule has 3 aromatic rings. The Hall–Kier alpha value is -3.49. The zero-order valence-corrected chi connectivity index (χ0v) is 17.7. The van der Waals surface area contributed by atoms with Crippen LogP contribution in [-0.4, -0.2) is 65.6 Å². The molecule has 160 valence electrons. The molecule has 1 spiro atoms. The van der Waals surface area contributed by atoms with Gasteiger partial charge < -0.3 is 14.4 Å². The number of amides is 2. The number of aryl methyl sites for hydroxylation is 2. The summed E-state index contributed by atoms with van der Waals surface area (Å²) in [6.07, 6.45) is 9.55. The Morgan fingerprint density at radius 3 is 2.81 bits per heavy atom. The molecule has 0 radical (unpaired) electrons. The number of carbonyl (C=O) groups excluding carboxylic acids is 2. The second kappa shape index (κ2) is 7.33. The van der Waals surface area contributed by atoms with Crippen molar-refractivity contribution in [3.63, 3.8) is 0 Å². The third-order valence-electron chi connectivity index (χ3n) is 6.59. The number of pyridine rings is 1. The van der Waals surface area contributed by atoms with E-state index in [1.54, 1.807) is 47.6 Å². The van der Waals surface area contributed by atoms with Crippen LogP contribution < -0.4 is 0 Å². The third-order valence-corrected chi connectivity index (χ3v) is 6.59.